The zero-order chi connectivity index (χ0) is 54.4. The van der Waals surface area contributed by atoms with Crippen molar-refractivity contribution in [3.05, 3.63) is 24.3 Å². The highest BCUT2D eigenvalue weighted by molar-refractivity contribution is 5.70. The second-order valence-electron chi connectivity index (χ2n) is 27.0. The van der Waals surface area contributed by atoms with Gasteiger partial charge in [-0.25, -0.2) is 0 Å². The number of hydrogen-bond donors (Lipinski definition) is 2. The number of aliphatic carboxylic acids is 1. The Morgan fingerprint density at radius 1 is 0.557 bits per heavy atom. The van der Waals surface area contributed by atoms with Crippen LogP contribution < -0.4 is 0 Å². The van der Waals surface area contributed by atoms with Gasteiger partial charge in [-0.1, -0.05) is 40.9 Å². The predicted octanol–water partition coefficient (Wildman–Crippen LogP) is 6.29. The third-order valence-corrected chi connectivity index (χ3v) is 21.5. The van der Waals surface area contributed by atoms with Gasteiger partial charge in [0, 0.05) is 70.8 Å². The Kier molecular flexibility index (Phi) is 14.4. The number of rotatable bonds is 3. The zero-order valence-corrected chi connectivity index (χ0v) is 46.8. The van der Waals surface area contributed by atoms with Crippen molar-refractivity contribution < 1.29 is 90.9 Å². The van der Waals surface area contributed by atoms with Crippen LogP contribution in [0, 0.1) is 23.7 Å². The van der Waals surface area contributed by atoms with Crippen LogP contribution >= 0.6 is 0 Å². The maximum atomic E-state index is 14.6. The molecule has 0 aromatic carbocycles. The molecule has 14 rings (SSSR count). The fraction of sp³-hybridized carbons (Fsp3) is 0.900. The van der Waals surface area contributed by atoms with Crippen molar-refractivity contribution in [2.45, 2.75) is 307 Å². The molecule has 3 spiro atoms. The average molecular weight is 1110 g/mol. The van der Waals surface area contributed by atoms with E-state index in [2.05, 4.69) is 40.9 Å². The number of carboxylic acids is 1. The lowest BCUT2D eigenvalue weighted by atomic mass is 9.78. The highest BCUT2D eigenvalue weighted by Crippen LogP contribution is 2.57. The quantitative estimate of drug-likeness (QED) is 0.235. The van der Waals surface area contributed by atoms with E-state index >= 15 is 0 Å². The molecule has 14 saturated heterocycles. The summed E-state index contributed by atoms with van der Waals surface area (Å²) in [5, 5.41) is 20.4. The molecule has 19 heteroatoms. The number of hydrogen-bond acceptors (Lipinski definition) is 18. The van der Waals surface area contributed by atoms with Gasteiger partial charge in [-0.3, -0.25) is 9.59 Å². The summed E-state index contributed by atoms with van der Waals surface area (Å²) in [7, 11) is 1.70. The van der Waals surface area contributed by atoms with Gasteiger partial charge in [0.25, 0.3) is 0 Å². The molecule has 14 heterocycles. The van der Waals surface area contributed by atoms with Crippen LogP contribution in [0.2, 0.25) is 0 Å². The highest BCUT2D eigenvalue weighted by atomic mass is 16.8. The molecule has 2 N–H and O–H groups in total. The molecule has 0 aromatic rings. The average Bonchev–Trinajstić information content (AvgIpc) is 4.19. The number of methoxy groups -OCH3 is 1. The van der Waals surface area contributed by atoms with E-state index in [0.717, 1.165) is 56.1 Å². The molecule has 79 heavy (non-hydrogen) atoms. The minimum absolute atomic E-state index is 0.00787. The molecular weight excluding hydrogens is 1020 g/mol. The Labute approximate surface area is 463 Å². The molecule has 14 aliphatic heterocycles. The van der Waals surface area contributed by atoms with E-state index in [1.54, 1.807) is 7.11 Å². The van der Waals surface area contributed by atoms with E-state index in [-0.39, 0.29) is 128 Å². The number of fused-ring (bicyclic) bond motifs is 13. The molecule has 0 aromatic heterocycles. The summed E-state index contributed by atoms with van der Waals surface area (Å²) in [6.45, 7) is 17.7. The second kappa shape index (κ2) is 20.8. The standard InChI is InChI=1S/C60H86O19/c1-27-16-33-8-10-37-28(2)17-35(66-37)12-14-58-15-13-39(74-58)55-56(65-7)57(79-58)54-38(70-55)11-9-34(68-54)18-49(64)73-53-32(6)52-44(69-43(53)20-40(67-33)31(27)5)21-42-46(72-52)25-60(75-42)26-47-51(78-60)30(4)24-59(77-47)23-29(3)50-45(76-59)19-36(61)41(71-50)22-48(62)63/h27,29-30,32-47,50-57,61H,2,5,8-26H2,1,3-4,6-7H3,(H,62,63)/t27-,29+,30+,32+,33+,34-,35+,36-,37+,38+,39?,40-,41-,42-,43+,44+,45+,46-,47+,50+,51+,52+,53-,54+,55+,56-,57+,58+,59-,60+/m1/s1. The van der Waals surface area contributed by atoms with Crippen LogP contribution in [0.25, 0.3) is 0 Å². The highest BCUT2D eigenvalue weighted by Gasteiger charge is 2.66. The Morgan fingerprint density at radius 3 is 2.06 bits per heavy atom. The molecule has 0 saturated carbocycles. The van der Waals surface area contributed by atoms with E-state index in [0.29, 0.717) is 57.8 Å². The monoisotopic (exact) mass is 1110 g/mol. The fourth-order valence-electron chi connectivity index (χ4n) is 17.7. The van der Waals surface area contributed by atoms with Crippen LogP contribution in [-0.2, 0) is 80.6 Å². The molecule has 1 unspecified atom stereocenters. The van der Waals surface area contributed by atoms with Crippen LogP contribution in [0.5, 0.6) is 0 Å². The third kappa shape index (κ3) is 9.95. The van der Waals surface area contributed by atoms with Gasteiger partial charge >= 0.3 is 11.9 Å². The first-order chi connectivity index (χ1) is 37.9. The minimum Gasteiger partial charge on any atom is -0.481 e. The molecule has 19 nitrogen and oxygen atoms in total. The topological polar surface area (TPSA) is 213 Å². The van der Waals surface area contributed by atoms with Crippen LogP contribution in [0.4, 0.5) is 0 Å². The molecule has 0 amide bonds. The van der Waals surface area contributed by atoms with Crippen molar-refractivity contribution in [1.82, 2.24) is 0 Å². The van der Waals surface area contributed by atoms with E-state index in [1.807, 2.05) is 0 Å². The van der Waals surface area contributed by atoms with Crippen LogP contribution in [0.1, 0.15) is 150 Å². The van der Waals surface area contributed by atoms with E-state index < -0.39 is 84.4 Å². The van der Waals surface area contributed by atoms with Crippen molar-refractivity contribution in [2.24, 2.45) is 23.7 Å². The number of aliphatic hydroxyl groups excluding tert-OH is 1. The molecule has 30 atom stereocenters. The fourth-order valence-corrected chi connectivity index (χ4v) is 17.7. The molecule has 14 fully saturated rings. The van der Waals surface area contributed by atoms with Crippen molar-refractivity contribution in [2.75, 3.05) is 7.11 Å². The van der Waals surface area contributed by atoms with E-state index in [4.69, 9.17) is 71.1 Å². The van der Waals surface area contributed by atoms with Crippen molar-refractivity contribution in [3.63, 3.8) is 0 Å². The van der Waals surface area contributed by atoms with Gasteiger partial charge < -0.3 is 81.3 Å². The van der Waals surface area contributed by atoms with Gasteiger partial charge in [-0.15, -0.1) is 0 Å². The SMILES string of the molecule is C=C1C[C@@H]2CC[C@]34CCC(O3)[C@@H]3O[C@H]5CC[C@H](CC(=O)O[C@@H]6[C@@H](C)[C@@H]7O[C@@H]8C[C@]9(C[C@@H]%10O[C@]%11(C[C@H](C)[C@@H]%12O[C@H](CC(=O)O)[C@H](O)C[C@@H]%12O%11)C[C@H](C)[C@@H]%10O9)O[C@@H]8C[C@@H]7O[C@H]6C[C@H]6O[C@@H](CC[C@@H]1O2)C[C@@H](C)C6=C)O[C@@H]5[C@H](O4)[C@@H]3OC. The summed E-state index contributed by atoms with van der Waals surface area (Å²) in [6.07, 6.45) is 2.47. The lowest BCUT2D eigenvalue weighted by Gasteiger charge is -2.54. The Balaban J connectivity index is 0.693. The summed E-state index contributed by atoms with van der Waals surface area (Å²) >= 11 is 0. The minimum atomic E-state index is -1.00. The molecular formula is C60H86O19. The van der Waals surface area contributed by atoms with E-state index in [1.165, 1.54) is 0 Å². The molecule has 10 bridgehead atoms. The molecule has 440 valence electrons. The maximum Gasteiger partial charge on any atom is 0.308 e. The lowest BCUT2D eigenvalue weighted by molar-refractivity contribution is -0.371. The smallest absolute Gasteiger partial charge is 0.308 e. The van der Waals surface area contributed by atoms with Gasteiger partial charge in [0.2, 0.25) is 0 Å². The number of aliphatic hydroxyl groups is 1. The van der Waals surface area contributed by atoms with Gasteiger partial charge in [-0.2, -0.15) is 0 Å². The number of carbonyl (C=O) groups excluding carboxylic acids is 1. The van der Waals surface area contributed by atoms with Crippen LogP contribution in [-0.4, -0.2) is 187 Å². The summed E-state index contributed by atoms with van der Waals surface area (Å²) in [5.41, 5.74) is 2.14. The van der Waals surface area contributed by atoms with Gasteiger partial charge in [0.05, 0.1) is 123 Å². The number of carboxylic acid groups (broad SMARTS) is 1. The summed E-state index contributed by atoms with van der Waals surface area (Å²) in [6, 6.07) is 0. The molecule has 0 radical (unpaired) electrons. The third-order valence-electron chi connectivity index (χ3n) is 21.5. The molecule has 0 aliphatic carbocycles. The number of carbonyl (C=O) groups is 2. The van der Waals surface area contributed by atoms with Gasteiger partial charge in [0.15, 0.2) is 17.4 Å². The second-order valence-corrected chi connectivity index (χ2v) is 27.0. The first-order valence-corrected chi connectivity index (χ1v) is 30.6. The largest absolute Gasteiger partial charge is 0.481 e. The number of ether oxygens (including phenoxy) is 15. The molecule has 14 aliphatic rings. The summed E-state index contributed by atoms with van der Waals surface area (Å²) in [4.78, 5) is 26.1. The maximum absolute atomic E-state index is 14.6. The summed E-state index contributed by atoms with van der Waals surface area (Å²) < 4.78 is 103. The first kappa shape index (κ1) is 54.7. The lowest BCUT2D eigenvalue weighted by Crippen LogP contribution is -2.64. The van der Waals surface area contributed by atoms with Gasteiger partial charge in [0.1, 0.15) is 30.5 Å². The van der Waals surface area contributed by atoms with Crippen LogP contribution in [0.15, 0.2) is 24.3 Å². The normalized spacial score (nSPS) is 56.1. The predicted molar refractivity (Wildman–Crippen MR) is 275 cm³/mol. The van der Waals surface area contributed by atoms with Crippen molar-refractivity contribution >= 4 is 11.9 Å². The summed E-state index contributed by atoms with van der Waals surface area (Å²) in [5.74, 6) is -4.00. The van der Waals surface area contributed by atoms with Crippen molar-refractivity contribution in [3.8, 4) is 0 Å². The van der Waals surface area contributed by atoms with E-state index in [9.17, 15) is 19.8 Å². The number of esters is 1. The zero-order valence-electron chi connectivity index (χ0n) is 46.8. The van der Waals surface area contributed by atoms with Crippen LogP contribution in [0.3, 0.4) is 0 Å². The Morgan fingerprint density at radius 2 is 1.24 bits per heavy atom. The van der Waals surface area contributed by atoms with Gasteiger partial charge in [-0.05, 0) is 80.3 Å². The van der Waals surface area contributed by atoms with Crippen molar-refractivity contribution in [1.29, 1.82) is 0 Å². The Bertz CT molecular complexity index is 2340. The first-order valence-electron chi connectivity index (χ1n) is 30.6. The Hall–Kier alpha value is -2.18.